The van der Waals surface area contributed by atoms with E-state index in [2.05, 4.69) is 50.2 Å². The van der Waals surface area contributed by atoms with Crippen LogP contribution in [0, 0.1) is 6.92 Å². The van der Waals surface area contributed by atoms with Gasteiger partial charge in [0.05, 0.1) is 6.04 Å². The highest BCUT2D eigenvalue weighted by molar-refractivity contribution is 7.10. The molecule has 2 N–H and O–H groups in total. The largest absolute Gasteiger partial charge is 0.326 e. The molecule has 1 heterocycles. The molecule has 0 saturated carbocycles. The molecule has 3 unspecified atom stereocenters. The molecule has 0 radical (unpaired) electrons. The van der Waals surface area contributed by atoms with Crippen molar-refractivity contribution in [2.45, 2.75) is 38.9 Å². The van der Waals surface area contributed by atoms with E-state index in [1.165, 1.54) is 10.4 Å². The third-order valence-corrected chi connectivity index (χ3v) is 5.51. The van der Waals surface area contributed by atoms with Crippen molar-refractivity contribution in [1.29, 1.82) is 0 Å². The van der Waals surface area contributed by atoms with Crippen LogP contribution in [0.3, 0.4) is 0 Å². The molecule has 0 aliphatic heterocycles. The first-order valence-corrected chi connectivity index (χ1v) is 8.45. The van der Waals surface area contributed by atoms with E-state index in [1.807, 2.05) is 18.2 Å². The van der Waals surface area contributed by atoms with Gasteiger partial charge >= 0.3 is 0 Å². The monoisotopic (exact) mass is 322 g/mol. The zero-order valence-electron chi connectivity index (χ0n) is 13.0. The maximum Gasteiger partial charge on any atom is 0.0595 e. The first kappa shape index (κ1) is 16.5. The molecule has 3 atom stereocenters. The van der Waals surface area contributed by atoms with E-state index in [9.17, 15) is 0 Å². The van der Waals surface area contributed by atoms with Crippen molar-refractivity contribution in [2.75, 3.05) is 7.05 Å². The summed E-state index contributed by atoms with van der Waals surface area (Å²) in [7, 11) is 2.13. The van der Waals surface area contributed by atoms with Gasteiger partial charge in [-0.25, -0.2) is 0 Å². The lowest BCUT2D eigenvalue weighted by molar-refractivity contribution is 0.168. The summed E-state index contributed by atoms with van der Waals surface area (Å²) in [6, 6.07) is 10.6. The number of rotatable bonds is 5. The molecular formula is C17H23ClN2S. The van der Waals surface area contributed by atoms with E-state index in [0.717, 1.165) is 10.6 Å². The number of aryl methyl sites for hydroxylation is 1. The van der Waals surface area contributed by atoms with Crippen molar-refractivity contribution in [3.63, 3.8) is 0 Å². The zero-order valence-corrected chi connectivity index (χ0v) is 14.6. The second-order valence-corrected chi connectivity index (χ2v) is 6.99. The predicted molar refractivity (Wildman–Crippen MR) is 93.1 cm³/mol. The highest BCUT2D eigenvalue weighted by Crippen LogP contribution is 2.36. The molecule has 2 rings (SSSR count). The van der Waals surface area contributed by atoms with Crippen molar-refractivity contribution >= 4 is 22.9 Å². The van der Waals surface area contributed by atoms with Crippen LogP contribution in [0.15, 0.2) is 35.7 Å². The fraction of sp³-hybridized carbons (Fsp3) is 0.412. The summed E-state index contributed by atoms with van der Waals surface area (Å²) >= 11 is 8.12. The van der Waals surface area contributed by atoms with E-state index in [0.29, 0.717) is 0 Å². The third-order valence-electron chi connectivity index (χ3n) is 4.07. The summed E-state index contributed by atoms with van der Waals surface area (Å²) in [5, 5.41) is 2.94. The quantitative estimate of drug-likeness (QED) is 0.857. The number of benzene rings is 1. The molecule has 0 aliphatic rings. The SMILES string of the molecule is Cc1ccsc1C(C(C)N)N(C)C(C)c1ccccc1Cl. The average molecular weight is 323 g/mol. The van der Waals surface area contributed by atoms with Crippen LogP contribution in [0.4, 0.5) is 0 Å². The first-order valence-electron chi connectivity index (χ1n) is 7.19. The normalized spacial score (nSPS) is 16.0. The van der Waals surface area contributed by atoms with E-state index < -0.39 is 0 Å². The molecule has 2 aromatic rings. The molecule has 0 saturated heterocycles. The van der Waals surface area contributed by atoms with Crippen LogP contribution < -0.4 is 5.73 Å². The van der Waals surface area contributed by atoms with Crippen LogP contribution in [0.2, 0.25) is 5.02 Å². The summed E-state index contributed by atoms with van der Waals surface area (Å²) in [4.78, 5) is 3.66. The van der Waals surface area contributed by atoms with Crippen molar-refractivity contribution in [2.24, 2.45) is 5.73 Å². The topological polar surface area (TPSA) is 29.3 Å². The van der Waals surface area contributed by atoms with Crippen molar-refractivity contribution in [3.05, 3.63) is 56.7 Å². The van der Waals surface area contributed by atoms with E-state index in [4.69, 9.17) is 17.3 Å². The lowest BCUT2D eigenvalue weighted by Gasteiger charge is -2.36. The fourth-order valence-electron chi connectivity index (χ4n) is 2.76. The minimum atomic E-state index is 0.0530. The molecule has 0 aliphatic carbocycles. The van der Waals surface area contributed by atoms with Gasteiger partial charge in [-0.2, -0.15) is 0 Å². The fourth-order valence-corrected chi connectivity index (χ4v) is 4.24. The number of halogens is 1. The Bertz CT molecular complexity index is 594. The molecule has 0 fully saturated rings. The van der Waals surface area contributed by atoms with Gasteiger partial charge in [-0.1, -0.05) is 29.8 Å². The van der Waals surface area contributed by atoms with Crippen LogP contribution in [-0.4, -0.2) is 18.0 Å². The number of nitrogens with two attached hydrogens (primary N) is 1. The zero-order chi connectivity index (χ0) is 15.6. The Hall–Kier alpha value is -0.870. The van der Waals surface area contributed by atoms with Gasteiger partial charge in [0.25, 0.3) is 0 Å². The van der Waals surface area contributed by atoms with Gasteiger partial charge in [-0.05, 0) is 56.5 Å². The summed E-state index contributed by atoms with van der Waals surface area (Å²) in [5.74, 6) is 0. The molecule has 0 bridgehead atoms. The Balaban J connectivity index is 2.33. The second kappa shape index (κ2) is 6.93. The van der Waals surface area contributed by atoms with Crippen LogP contribution in [-0.2, 0) is 0 Å². The number of nitrogens with zero attached hydrogens (tertiary/aromatic N) is 1. The molecule has 114 valence electrons. The van der Waals surface area contributed by atoms with E-state index in [-0.39, 0.29) is 18.1 Å². The van der Waals surface area contributed by atoms with Gasteiger partial charge < -0.3 is 5.73 Å². The summed E-state index contributed by atoms with van der Waals surface area (Å²) < 4.78 is 0. The average Bonchev–Trinajstić information content (AvgIpc) is 2.84. The maximum atomic E-state index is 6.35. The van der Waals surface area contributed by atoms with Crippen LogP contribution in [0.1, 0.15) is 41.9 Å². The lowest BCUT2D eigenvalue weighted by Crippen LogP contribution is -2.38. The second-order valence-electron chi connectivity index (χ2n) is 5.63. The predicted octanol–water partition coefficient (Wildman–Crippen LogP) is 4.79. The molecule has 0 amide bonds. The van der Waals surface area contributed by atoms with Gasteiger partial charge in [-0.15, -0.1) is 11.3 Å². The van der Waals surface area contributed by atoms with Crippen LogP contribution in [0.25, 0.3) is 0 Å². The Labute approximate surface area is 136 Å². The standard InChI is InChI=1S/C17H23ClN2S/c1-11-9-10-21-17(11)16(12(2)19)20(4)13(3)14-7-5-6-8-15(14)18/h5-10,12-13,16H,19H2,1-4H3. The third kappa shape index (κ3) is 3.49. The van der Waals surface area contributed by atoms with Crippen LogP contribution in [0.5, 0.6) is 0 Å². The summed E-state index contributed by atoms with van der Waals surface area (Å²) in [6.07, 6.45) is 0. The molecule has 4 heteroatoms. The van der Waals surface area contributed by atoms with Gasteiger partial charge in [0.15, 0.2) is 0 Å². The Morgan fingerprint density at radius 3 is 2.38 bits per heavy atom. The van der Waals surface area contributed by atoms with Crippen LogP contribution >= 0.6 is 22.9 Å². The summed E-state index contributed by atoms with van der Waals surface area (Å²) in [6.45, 7) is 6.40. The Morgan fingerprint density at radius 2 is 1.86 bits per heavy atom. The number of hydrogen-bond donors (Lipinski definition) is 1. The van der Waals surface area contributed by atoms with Gasteiger partial charge in [0, 0.05) is 22.0 Å². The first-order chi connectivity index (χ1) is 9.93. The number of hydrogen-bond acceptors (Lipinski definition) is 3. The number of likely N-dealkylation sites (N-methyl/N-ethyl adjacent to an activating group) is 1. The van der Waals surface area contributed by atoms with E-state index in [1.54, 1.807) is 11.3 Å². The maximum absolute atomic E-state index is 6.35. The van der Waals surface area contributed by atoms with Crippen molar-refractivity contribution in [1.82, 2.24) is 4.90 Å². The van der Waals surface area contributed by atoms with Gasteiger partial charge in [0.1, 0.15) is 0 Å². The molecular weight excluding hydrogens is 300 g/mol. The van der Waals surface area contributed by atoms with Crippen molar-refractivity contribution in [3.8, 4) is 0 Å². The number of thiophene rings is 1. The Kier molecular flexibility index (Phi) is 5.44. The highest BCUT2D eigenvalue weighted by Gasteiger charge is 2.28. The minimum absolute atomic E-state index is 0.0530. The molecule has 1 aromatic carbocycles. The molecule has 1 aromatic heterocycles. The highest BCUT2D eigenvalue weighted by atomic mass is 35.5. The van der Waals surface area contributed by atoms with E-state index >= 15 is 0 Å². The van der Waals surface area contributed by atoms with Crippen molar-refractivity contribution < 1.29 is 0 Å². The molecule has 0 spiro atoms. The Morgan fingerprint density at radius 1 is 1.19 bits per heavy atom. The molecule has 21 heavy (non-hydrogen) atoms. The smallest absolute Gasteiger partial charge is 0.0595 e. The molecule has 2 nitrogen and oxygen atoms in total. The minimum Gasteiger partial charge on any atom is -0.326 e. The van der Waals surface area contributed by atoms with Gasteiger partial charge in [0.2, 0.25) is 0 Å². The van der Waals surface area contributed by atoms with Gasteiger partial charge in [-0.3, -0.25) is 4.90 Å². The lowest BCUT2D eigenvalue weighted by atomic mass is 10.00. The summed E-state index contributed by atoms with van der Waals surface area (Å²) in [5.41, 5.74) is 8.73.